The van der Waals surface area contributed by atoms with Crippen molar-refractivity contribution in [2.75, 3.05) is 13.1 Å². The molecule has 0 aliphatic heterocycles. The van der Waals surface area contributed by atoms with Crippen LogP contribution in [0.5, 0.6) is 0 Å². The van der Waals surface area contributed by atoms with Crippen molar-refractivity contribution in [3.05, 3.63) is 48.6 Å². The standard InChI is InChI=1S/C15H23N/c1-3-5-9-13-16(12-4-2)14-15-10-7-6-8-11-15/h3,6-8,10-11H,1,4-5,9,12-14H2,2H3. The highest BCUT2D eigenvalue weighted by Crippen LogP contribution is 2.06. The van der Waals surface area contributed by atoms with Gasteiger partial charge in [-0.3, -0.25) is 4.90 Å². The number of benzene rings is 1. The molecule has 1 heteroatoms. The molecular formula is C15H23N. The van der Waals surface area contributed by atoms with Gasteiger partial charge in [-0.15, -0.1) is 6.58 Å². The number of rotatable bonds is 8. The third kappa shape index (κ3) is 5.13. The Hall–Kier alpha value is -1.08. The summed E-state index contributed by atoms with van der Waals surface area (Å²) in [5.41, 5.74) is 1.41. The van der Waals surface area contributed by atoms with Crippen LogP contribution in [0.25, 0.3) is 0 Å². The summed E-state index contributed by atoms with van der Waals surface area (Å²) in [6.07, 6.45) is 5.57. The molecule has 1 aromatic carbocycles. The van der Waals surface area contributed by atoms with Crippen molar-refractivity contribution in [1.82, 2.24) is 4.90 Å². The van der Waals surface area contributed by atoms with Gasteiger partial charge in [0.1, 0.15) is 0 Å². The Kier molecular flexibility index (Phi) is 6.59. The SMILES string of the molecule is C=CCCCN(CCC)Cc1ccccc1. The van der Waals surface area contributed by atoms with Crippen LogP contribution >= 0.6 is 0 Å². The summed E-state index contributed by atoms with van der Waals surface area (Å²) in [6, 6.07) is 10.7. The van der Waals surface area contributed by atoms with Crippen molar-refractivity contribution in [2.24, 2.45) is 0 Å². The predicted molar refractivity (Wildman–Crippen MR) is 71.4 cm³/mol. The van der Waals surface area contributed by atoms with E-state index in [0.29, 0.717) is 0 Å². The third-order valence-corrected chi connectivity index (χ3v) is 2.67. The highest BCUT2D eigenvalue weighted by Gasteiger charge is 2.03. The van der Waals surface area contributed by atoms with E-state index >= 15 is 0 Å². The lowest BCUT2D eigenvalue weighted by Crippen LogP contribution is -2.25. The minimum absolute atomic E-state index is 1.08. The molecule has 0 atom stereocenters. The van der Waals surface area contributed by atoms with E-state index in [4.69, 9.17) is 0 Å². The monoisotopic (exact) mass is 217 g/mol. The van der Waals surface area contributed by atoms with Crippen molar-refractivity contribution in [1.29, 1.82) is 0 Å². The van der Waals surface area contributed by atoms with Crippen molar-refractivity contribution >= 4 is 0 Å². The van der Waals surface area contributed by atoms with Gasteiger partial charge in [0.15, 0.2) is 0 Å². The van der Waals surface area contributed by atoms with Crippen LogP contribution in [0.2, 0.25) is 0 Å². The van der Waals surface area contributed by atoms with Crippen molar-refractivity contribution in [2.45, 2.75) is 32.7 Å². The number of hydrogen-bond acceptors (Lipinski definition) is 1. The lowest BCUT2D eigenvalue weighted by molar-refractivity contribution is 0.263. The largest absolute Gasteiger partial charge is 0.299 e. The molecule has 0 radical (unpaired) electrons. The molecule has 0 spiro atoms. The Bertz CT molecular complexity index is 279. The highest BCUT2D eigenvalue weighted by molar-refractivity contribution is 5.14. The van der Waals surface area contributed by atoms with Gasteiger partial charge in [0.05, 0.1) is 0 Å². The number of hydrogen-bond donors (Lipinski definition) is 0. The molecule has 88 valence electrons. The molecule has 0 saturated heterocycles. The first-order chi connectivity index (χ1) is 7.86. The summed E-state index contributed by atoms with van der Waals surface area (Å²) in [7, 11) is 0. The van der Waals surface area contributed by atoms with Gasteiger partial charge in [-0.1, -0.05) is 43.3 Å². The summed E-state index contributed by atoms with van der Waals surface area (Å²) in [5.74, 6) is 0. The molecule has 0 heterocycles. The van der Waals surface area contributed by atoms with Crippen LogP contribution in [-0.2, 0) is 6.54 Å². The molecular weight excluding hydrogens is 194 g/mol. The normalized spacial score (nSPS) is 10.6. The van der Waals surface area contributed by atoms with Crippen molar-refractivity contribution in [3.8, 4) is 0 Å². The zero-order valence-electron chi connectivity index (χ0n) is 10.4. The van der Waals surface area contributed by atoms with Crippen LogP contribution in [0.3, 0.4) is 0 Å². The van der Waals surface area contributed by atoms with Gasteiger partial charge in [-0.05, 0) is 37.9 Å². The van der Waals surface area contributed by atoms with E-state index in [1.54, 1.807) is 0 Å². The topological polar surface area (TPSA) is 3.24 Å². The summed E-state index contributed by atoms with van der Waals surface area (Å²) < 4.78 is 0. The lowest BCUT2D eigenvalue weighted by atomic mass is 10.2. The highest BCUT2D eigenvalue weighted by atomic mass is 15.1. The maximum absolute atomic E-state index is 3.77. The Morgan fingerprint density at radius 3 is 2.56 bits per heavy atom. The van der Waals surface area contributed by atoms with Crippen LogP contribution in [0.15, 0.2) is 43.0 Å². The average Bonchev–Trinajstić information content (AvgIpc) is 2.31. The fourth-order valence-corrected chi connectivity index (χ4v) is 1.89. The molecule has 0 fully saturated rings. The van der Waals surface area contributed by atoms with Gasteiger partial charge in [-0.25, -0.2) is 0 Å². The Balaban J connectivity index is 2.40. The molecule has 0 aliphatic carbocycles. The zero-order chi connectivity index (χ0) is 11.6. The molecule has 1 aromatic rings. The van der Waals surface area contributed by atoms with Crippen molar-refractivity contribution in [3.63, 3.8) is 0 Å². The molecule has 0 saturated carbocycles. The molecule has 0 amide bonds. The van der Waals surface area contributed by atoms with E-state index in [9.17, 15) is 0 Å². The molecule has 1 nitrogen and oxygen atoms in total. The lowest BCUT2D eigenvalue weighted by Gasteiger charge is -2.21. The number of allylic oxidation sites excluding steroid dienone is 1. The fourth-order valence-electron chi connectivity index (χ4n) is 1.89. The van der Waals surface area contributed by atoms with Crippen LogP contribution in [-0.4, -0.2) is 18.0 Å². The van der Waals surface area contributed by atoms with Gasteiger partial charge in [0.25, 0.3) is 0 Å². The van der Waals surface area contributed by atoms with Gasteiger partial charge in [0.2, 0.25) is 0 Å². The molecule has 16 heavy (non-hydrogen) atoms. The minimum atomic E-state index is 1.08. The smallest absolute Gasteiger partial charge is 0.0233 e. The van der Waals surface area contributed by atoms with Gasteiger partial charge >= 0.3 is 0 Å². The van der Waals surface area contributed by atoms with Crippen LogP contribution in [0.4, 0.5) is 0 Å². The minimum Gasteiger partial charge on any atom is -0.299 e. The fraction of sp³-hybridized carbons (Fsp3) is 0.467. The van der Waals surface area contributed by atoms with E-state index in [2.05, 4.69) is 48.7 Å². The summed E-state index contributed by atoms with van der Waals surface area (Å²) in [5, 5.41) is 0. The number of unbranched alkanes of at least 4 members (excludes halogenated alkanes) is 1. The summed E-state index contributed by atoms with van der Waals surface area (Å²) in [4.78, 5) is 2.53. The molecule has 0 unspecified atom stereocenters. The maximum Gasteiger partial charge on any atom is 0.0233 e. The second-order valence-electron chi connectivity index (χ2n) is 4.19. The molecule has 0 N–H and O–H groups in total. The van der Waals surface area contributed by atoms with Crippen molar-refractivity contribution < 1.29 is 0 Å². The van der Waals surface area contributed by atoms with E-state index in [-0.39, 0.29) is 0 Å². The zero-order valence-corrected chi connectivity index (χ0v) is 10.4. The van der Waals surface area contributed by atoms with E-state index < -0.39 is 0 Å². The summed E-state index contributed by atoms with van der Waals surface area (Å²) in [6.45, 7) is 9.45. The van der Waals surface area contributed by atoms with E-state index in [1.807, 2.05) is 6.08 Å². The molecule has 0 aliphatic rings. The van der Waals surface area contributed by atoms with Gasteiger partial charge in [-0.2, -0.15) is 0 Å². The van der Waals surface area contributed by atoms with Crippen LogP contribution in [0, 0.1) is 0 Å². The Morgan fingerprint density at radius 1 is 1.19 bits per heavy atom. The van der Waals surface area contributed by atoms with Gasteiger partial charge in [0, 0.05) is 6.54 Å². The predicted octanol–water partition coefficient (Wildman–Crippen LogP) is 3.86. The number of nitrogens with zero attached hydrogens (tertiary/aromatic N) is 1. The first kappa shape index (κ1) is 13.0. The Labute approximate surface area is 99.8 Å². The van der Waals surface area contributed by atoms with E-state index in [1.165, 1.54) is 31.5 Å². The van der Waals surface area contributed by atoms with Gasteiger partial charge < -0.3 is 0 Å². The third-order valence-electron chi connectivity index (χ3n) is 2.67. The molecule has 1 rings (SSSR count). The molecule has 0 aromatic heterocycles. The first-order valence-corrected chi connectivity index (χ1v) is 6.24. The Morgan fingerprint density at radius 2 is 1.94 bits per heavy atom. The first-order valence-electron chi connectivity index (χ1n) is 6.24. The molecule has 0 bridgehead atoms. The summed E-state index contributed by atoms with van der Waals surface area (Å²) >= 11 is 0. The average molecular weight is 217 g/mol. The quantitative estimate of drug-likeness (QED) is 0.472. The maximum atomic E-state index is 3.77. The van der Waals surface area contributed by atoms with Crippen LogP contribution in [0.1, 0.15) is 31.7 Å². The van der Waals surface area contributed by atoms with E-state index in [0.717, 1.165) is 13.0 Å². The second kappa shape index (κ2) is 8.12. The van der Waals surface area contributed by atoms with Crippen LogP contribution < -0.4 is 0 Å². The second-order valence-corrected chi connectivity index (χ2v) is 4.19.